The van der Waals surface area contributed by atoms with Crippen LogP contribution in [0.4, 0.5) is 0 Å². The van der Waals surface area contributed by atoms with Crippen molar-refractivity contribution in [1.29, 1.82) is 0 Å². The molecule has 0 spiro atoms. The molecule has 1 amide bonds. The summed E-state index contributed by atoms with van der Waals surface area (Å²) in [5.41, 5.74) is 2.60. The van der Waals surface area contributed by atoms with Crippen molar-refractivity contribution in [3.05, 3.63) is 36.0 Å². The van der Waals surface area contributed by atoms with Crippen LogP contribution in [0.1, 0.15) is 44.1 Å². The third-order valence-corrected chi connectivity index (χ3v) is 6.00. The number of H-pyrrole nitrogens is 1. The Labute approximate surface area is 150 Å². The molecular formula is C21H30N3O+. The zero-order valence-corrected chi connectivity index (χ0v) is 15.1. The molecule has 0 radical (unpaired) electrons. The molecule has 4 nitrogen and oxygen atoms in total. The summed E-state index contributed by atoms with van der Waals surface area (Å²) >= 11 is 0. The number of benzene rings is 1. The zero-order valence-electron chi connectivity index (χ0n) is 15.1. The molecule has 25 heavy (non-hydrogen) atoms. The summed E-state index contributed by atoms with van der Waals surface area (Å²) in [6.07, 6.45) is 9.33. The smallest absolute Gasteiger partial charge is 0.231 e. The summed E-state index contributed by atoms with van der Waals surface area (Å²) in [6, 6.07) is 8.52. The molecule has 2 unspecified atom stereocenters. The number of quaternary nitrogens is 1. The van der Waals surface area contributed by atoms with Crippen LogP contribution in [0.3, 0.4) is 0 Å². The number of fused-ring (bicyclic) bond motifs is 1. The molecule has 2 saturated heterocycles. The van der Waals surface area contributed by atoms with Crippen molar-refractivity contribution < 1.29 is 9.69 Å². The van der Waals surface area contributed by atoms with Gasteiger partial charge < -0.3 is 14.8 Å². The molecular weight excluding hydrogens is 310 g/mol. The summed E-state index contributed by atoms with van der Waals surface area (Å²) in [6.45, 7) is 5.16. The number of hydrogen-bond donors (Lipinski definition) is 2. The molecule has 1 aromatic carbocycles. The number of hydrogen-bond acceptors (Lipinski definition) is 1. The minimum absolute atomic E-state index is 0.229. The molecule has 2 aliphatic heterocycles. The summed E-state index contributed by atoms with van der Waals surface area (Å²) in [5, 5.41) is 1.33. The first-order valence-corrected chi connectivity index (χ1v) is 9.98. The van der Waals surface area contributed by atoms with E-state index in [1.54, 1.807) is 4.90 Å². The maximum atomic E-state index is 13.0. The van der Waals surface area contributed by atoms with Crippen molar-refractivity contribution in [2.24, 2.45) is 5.92 Å². The van der Waals surface area contributed by atoms with Crippen LogP contribution in [-0.4, -0.2) is 42.0 Å². The van der Waals surface area contributed by atoms with Crippen molar-refractivity contribution in [3.63, 3.8) is 0 Å². The van der Waals surface area contributed by atoms with Gasteiger partial charge in [0, 0.05) is 35.8 Å². The highest BCUT2D eigenvalue weighted by Crippen LogP contribution is 2.19. The molecule has 0 bridgehead atoms. The quantitative estimate of drug-likeness (QED) is 0.885. The van der Waals surface area contributed by atoms with E-state index in [0.717, 1.165) is 32.6 Å². The Balaban J connectivity index is 1.41. The van der Waals surface area contributed by atoms with Crippen molar-refractivity contribution in [3.8, 4) is 0 Å². The number of nitrogens with zero attached hydrogens (tertiary/aromatic N) is 1. The molecule has 4 rings (SSSR count). The van der Waals surface area contributed by atoms with Crippen LogP contribution in [0.15, 0.2) is 30.5 Å². The number of likely N-dealkylation sites (tertiary alicyclic amines) is 2. The van der Waals surface area contributed by atoms with Gasteiger partial charge in [0.25, 0.3) is 0 Å². The Morgan fingerprint density at radius 2 is 1.92 bits per heavy atom. The fraction of sp³-hybridized carbons (Fsp3) is 0.571. The zero-order chi connectivity index (χ0) is 17.1. The fourth-order valence-electron chi connectivity index (χ4n) is 4.62. The fourth-order valence-corrected chi connectivity index (χ4v) is 4.62. The van der Waals surface area contributed by atoms with E-state index in [1.807, 2.05) is 0 Å². The lowest BCUT2D eigenvalue weighted by Crippen LogP contribution is -3.12. The maximum absolute atomic E-state index is 13.0. The van der Waals surface area contributed by atoms with Gasteiger partial charge >= 0.3 is 0 Å². The lowest BCUT2D eigenvalue weighted by Gasteiger charge is -2.32. The van der Waals surface area contributed by atoms with Gasteiger partial charge in [-0.1, -0.05) is 31.0 Å². The van der Waals surface area contributed by atoms with Crippen molar-refractivity contribution >= 4 is 16.8 Å². The van der Waals surface area contributed by atoms with Crippen LogP contribution in [0.25, 0.3) is 10.9 Å². The SMILES string of the molecule is O=C(C1CCC[NH+](Cc2c[nH]c3ccccc23)C1)N1CCCCCC1. The molecule has 2 fully saturated rings. The second kappa shape index (κ2) is 7.61. The predicted molar refractivity (Wildman–Crippen MR) is 100 cm³/mol. The van der Waals surface area contributed by atoms with E-state index in [-0.39, 0.29) is 5.92 Å². The van der Waals surface area contributed by atoms with E-state index >= 15 is 0 Å². The van der Waals surface area contributed by atoms with E-state index in [0.29, 0.717) is 5.91 Å². The number of aromatic nitrogens is 1. The third kappa shape index (κ3) is 3.74. The number of carbonyl (C=O) groups excluding carboxylic acids is 1. The van der Waals surface area contributed by atoms with Gasteiger partial charge in [0.05, 0.1) is 19.0 Å². The Kier molecular flexibility index (Phi) is 5.07. The van der Waals surface area contributed by atoms with E-state index in [9.17, 15) is 4.79 Å². The Bertz CT molecular complexity index is 715. The molecule has 0 saturated carbocycles. The minimum Gasteiger partial charge on any atom is -0.361 e. The largest absolute Gasteiger partial charge is 0.361 e. The van der Waals surface area contributed by atoms with Crippen LogP contribution >= 0.6 is 0 Å². The van der Waals surface area contributed by atoms with Crippen LogP contribution in [0, 0.1) is 5.92 Å². The van der Waals surface area contributed by atoms with Gasteiger partial charge in [-0.15, -0.1) is 0 Å². The van der Waals surface area contributed by atoms with Crippen LogP contribution in [0.5, 0.6) is 0 Å². The Hall–Kier alpha value is -1.81. The second-order valence-corrected chi connectivity index (χ2v) is 7.82. The average molecular weight is 340 g/mol. The van der Waals surface area contributed by atoms with Gasteiger partial charge in [-0.25, -0.2) is 0 Å². The van der Waals surface area contributed by atoms with E-state index in [1.165, 1.54) is 55.1 Å². The monoisotopic (exact) mass is 340 g/mol. The van der Waals surface area contributed by atoms with Gasteiger partial charge in [-0.3, -0.25) is 4.79 Å². The van der Waals surface area contributed by atoms with Gasteiger partial charge in [0.2, 0.25) is 5.91 Å². The number of carbonyl (C=O) groups is 1. The average Bonchev–Trinajstić information content (AvgIpc) is 2.87. The molecule has 2 atom stereocenters. The van der Waals surface area contributed by atoms with E-state index in [4.69, 9.17) is 0 Å². The highest BCUT2D eigenvalue weighted by molar-refractivity contribution is 5.82. The molecule has 2 N–H and O–H groups in total. The van der Waals surface area contributed by atoms with Gasteiger partial charge in [0.15, 0.2) is 0 Å². The standard InChI is InChI=1S/C21H29N3O/c25-21(24-12-5-1-2-6-13-24)17-8-7-11-23(15-17)16-18-14-22-20-10-4-3-9-19(18)20/h3-4,9-10,14,17,22H,1-2,5-8,11-13,15-16H2/p+1. The summed E-state index contributed by atoms with van der Waals surface area (Å²) in [4.78, 5) is 20.1. The first-order valence-electron chi connectivity index (χ1n) is 9.98. The van der Waals surface area contributed by atoms with Crippen LogP contribution in [-0.2, 0) is 11.3 Å². The maximum Gasteiger partial charge on any atom is 0.231 e. The number of para-hydroxylation sites is 1. The number of amides is 1. The lowest BCUT2D eigenvalue weighted by atomic mass is 9.96. The third-order valence-electron chi connectivity index (χ3n) is 6.00. The Morgan fingerprint density at radius 1 is 1.12 bits per heavy atom. The van der Waals surface area contributed by atoms with Gasteiger partial charge in [-0.2, -0.15) is 0 Å². The normalized spacial score (nSPS) is 25.0. The highest BCUT2D eigenvalue weighted by atomic mass is 16.2. The van der Waals surface area contributed by atoms with Crippen LogP contribution in [0.2, 0.25) is 0 Å². The number of aromatic amines is 1. The molecule has 134 valence electrons. The predicted octanol–water partition coefficient (Wildman–Crippen LogP) is 2.37. The first-order chi connectivity index (χ1) is 12.3. The molecule has 3 heterocycles. The molecule has 0 aliphatic carbocycles. The van der Waals surface area contributed by atoms with Crippen molar-refractivity contribution in [2.45, 2.75) is 45.1 Å². The molecule has 2 aliphatic rings. The van der Waals surface area contributed by atoms with E-state index < -0.39 is 0 Å². The Morgan fingerprint density at radius 3 is 2.76 bits per heavy atom. The molecule has 4 heteroatoms. The van der Waals surface area contributed by atoms with Gasteiger partial charge in [0.1, 0.15) is 6.54 Å². The number of piperidine rings is 1. The number of nitrogens with one attached hydrogen (secondary N) is 2. The molecule has 1 aromatic heterocycles. The second-order valence-electron chi connectivity index (χ2n) is 7.82. The highest BCUT2D eigenvalue weighted by Gasteiger charge is 2.32. The van der Waals surface area contributed by atoms with Crippen molar-refractivity contribution in [1.82, 2.24) is 9.88 Å². The summed E-state index contributed by atoms with van der Waals surface area (Å²) < 4.78 is 0. The van der Waals surface area contributed by atoms with Crippen molar-refractivity contribution in [2.75, 3.05) is 26.2 Å². The minimum atomic E-state index is 0.229. The van der Waals surface area contributed by atoms with E-state index in [2.05, 4.69) is 40.3 Å². The first kappa shape index (κ1) is 16.6. The van der Waals surface area contributed by atoms with Crippen LogP contribution < -0.4 is 4.90 Å². The summed E-state index contributed by atoms with van der Waals surface area (Å²) in [7, 11) is 0. The van der Waals surface area contributed by atoms with Gasteiger partial charge in [-0.05, 0) is 31.7 Å². The lowest BCUT2D eigenvalue weighted by molar-refractivity contribution is -0.921. The summed E-state index contributed by atoms with van der Waals surface area (Å²) in [5.74, 6) is 0.657. The number of rotatable bonds is 3. The topological polar surface area (TPSA) is 40.5 Å². The molecule has 2 aromatic rings.